The summed E-state index contributed by atoms with van der Waals surface area (Å²) in [6.07, 6.45) is -0.697. The molecule has 90 valence electrons. The first-order chi connectivity index (χ1) is 7.95. The summed E-state index contributed by atoms with van der Waals surface area (Å²) in [5.41, 5.74) is 5.45. The van der Waals surface area contributed by atoms with Gasteiger partial charge in [-0.05, 0) is 6.92 Å². The summed E-state index contributed by atoms with van der Waals surface area (Å²) < 4.78 is 4.80. The van der Waals surface area contributed by atoms with Crippen molar-refractivity contribution >= 4 is 11.8 Å². The zero-order chi connectivity index (χ0) is 13.0. The summed E-state index contributed by atoms with van der Waals surface area (Å²) in [7, 11) is 0. The van der Waals surface area contributed by atoms with Crippen LogP contribution in [-0.4, -0.2) is 27.1 Å². The van der Waals surface area contributed by atoms with E-state index in [9.17, 15) is 9.90 Å². The van der Waals surface area contributed by atoms with Crippen molar-refractivity contribution in [2.45, 2.75) is 26.1 Å². The fourth-order valence-electron chi connectivity index (χ4n) is 1.20. The molecule has 0 saturated carbocycles. The monoisotopic (exact) mass is 236 g/mol. The number of nitriles is 1. The number of aliphatic hydroxyl groups excluding tert-OH is 1. The van der Waals surface area contributed by atoms with Crippen LogP contribution in [0.25, 0.3) is 0 Å². The van der Waals surface area contributed by atoms with E-state index in [2.05, 4.69) is 9.97 Å². The van der Waals surface area contributed by atoms with Gasteiger partial charge in [0, 0.05) is 6.92 Å². The number of carbonyl (C=O) groups is 1. The van der Waals surface area contributed by atoms with Gasteiger partial charge in [-0.25, -0.2) is 9.97 Å². The largest absolute Gasteiger partial charge is 0.460 e. The van der Waals surface area contributed by atoms with Gasteiger partial charge >= 0.3 is 5.97 Å². The molecule has 0 fully saturated rings. The second kappa shape index (κ2) is 5.23. The molecule has 0 bridgehead atoms. The van der Waals surface area contributed by atoms with Gasteiger partial charge in [0.25, 0.3) is 0 Å². The minimum atomic E-state index is -1.15. The smallest absolute Gasteiger partial charge is 0.302 e. The van der Waals surface area contributed by atoms with Gasteiger partial charge in [-0.1, -0.05) is 0 Å². The van der Waals surface area contributed by atoms with Crippen LogP contribution in [0.5, 0.6) is 0 Å². The van der Waals surface area contributed by atoms with Crippen molar-refractivity contribution < 1.29 is 14.6 Å². The first-order valence-electron chi connectivity index (χ1n) is 4.83. The molecule has 7 heteroatoms. The molecule has 1 aromatic heterocycles. The summed E-state index contributed by atoms with van der Waals surface area (Å²) in [4.78, 5) is 18.3. The van der Waals surface area contributed by atoms with Crippen LogP contribution in [0.2, 0.25) is 0 Å². The average Bonchev–Trinajstić information content (AvgIpc) is 2.27. The van der Waals surface area contributed by atoms with Crippen molar-refractivity contribution in [3.8, 4) is 6.07 Å². The molecule has 17 heavy (non-hydrogen) atoms. The summed E-state index contributed by atoms with van der Waals surface area (Å²) in [5, 5.41) is 18.5. The van der Waals surface area contributed by atoms with Gasteiger partial charge in [0.15, 0.2) is 11.5 Å². The third-order valence-corrected chi connectivity index (χ3v) is 2.02. The lowest BCUT2D eigenvalue weighted by atomic mass is 10.1. The van der Waals surface area contributed by atoms with E-state index in [0.717, 1.165) is 0 Å². The number of carbonyl (C=O) groups excluding carboxylic acids is 1. The summed E-state index contributed by atoms with van der Waals surface area (Å²) >= 11 is 0. The molecule has 1 aromatic rings. The number of anilines is 1. The lowest BCUT2D eigenvalue weighted by Gasteiger charge is -2.17. The number of ether oxygens (including phenoxy) is 1. The molecule has 0 aliphatic heterocycles. The van der Waals surface area contributed by atoms with E-state index in [4.69, 9.17) is 15.7 Å². The Morgan fingerprint density at radius 2 is 2.35 bits per heavy atom. The highest BCUT2D eigenvalue weighted by Gasteiger charge is 2.21. The molecular weight excluding hydrogens is 224 g/mol. The summed E-state index contributed by atoms with van der Waals surface area (Å²) in [6, 6.07) is 1.75. The Balaban J connectivity index is 2.93. The first kappa shape index (κ1) is 12.9. The number of aliphatic hydroxyl groups is 1. The number of nitrogens with zero attached hydrogens (tertiary/aromatic N) is 3. The second-order valence-corrected chi connectivity index (χ2v) is 3.40. The molecule has 0 radical (unpaired) electrons. The van der Waals surface area contributed by atoms with Crippen LogP contribution < -0.4 is 5.73 Å². The molecule has 7 nitrogen and oxygen atoms in total. The van der Waals surface area contributed by atoms with Crippen molar-refractivity contribution in [2.75, 3.05) is 5.73 Å². The van der Waals surface area contributed by atoms with Crippen molar-refractivity contribution in [2.24, 2.45) is 0 Å². The molecule has 0 saturated heterocycles. The minimum absolute atomic E-state index is 0.0106. The fraction of sp³-hybridized carbons (Fsp3) is 0.400. The Hall–Kier alpha value is -2.20. The normalized spacial score (nSPS) is 13.5. The highest BCUT2D eigenvalue weighted by molar-refractivity contribution is 5.66. The molecular formula is C10H12N4O3. The molecule has 1 rings (SSSR count). The maximum absolute atomic E-state index is 10.7. The van der Waals surface area contributed by atoms with Gasteiger partial charge in [0.2, 0.25) is 0 Å². The van der Waals surface area contributed by atoms with Crippen LogP contribution in [0.15, 0.2) is 6.20 Å². The van der Waals surface area contributed by atoms with E-state index in [1.54, 1.807) is 6.07 Å². The molecule has 0 amide bonds. The van der Waals surface area contributed by atoms with Gasteiger partial charge in [0.1, 0.15) is 18.3 Å². The lowest BCUT2D eigenvalue weighted by Crippen LogP contribution is -2.22. The predicted octanol–water partition coefficient (Wildman–Crippen LogP) is -0.0845. The van der Waals surface area contributed by atoms with E-state index in [-0.39, 0.29) is 17.2 Å². The molecule has 0 spiro atoms. The van der Waals surface area contributed by atoms with E-state index in [1.165, 1.54) is 20.0 Å². The molecule has 0 unspecified atom stereocenters. The fourth-order valence-corrected chi connectivity index (χ4v) is 1.20. The molecule has 0 aliphatic rings. The first-order valence-corrected chi connectivity index (χ1v) is 4.83. The van der Waals surface area contributed by atoms with Crippen LogP contribution in [0, 0.1) is 11.3 Å². The zero-order valence-electron chi connectivity index (χ0n) is 9.41. The Bertz CT molecular complexity index is 469. The molecule has 2 atom stereocenters. The topological polar surface area (TPSA) is 122 Å². The maximum Gasteiger partial charge on any atom is 0.302 e. The number of hydrogen-bond acceptors (Lipinski definition) is 7. The van der Waals surface area contributed by atoms with Gasteiger partial charge < -0.3 is 15.6 Å². The molecule has 0 aliphatic carbocycles. The number of hydrogen-bond donors (Lipinski definition) is 2. The standard InChI is InChI=1S/C10H12N4O3/c1-5(17-6(2)15)9(16)8-4-13-10(12)7(3-11)14-8/h4-5,9,16H,1-2H3,(H2,12,13)/t5-,9+/m0/s1. The molecule has 3 N–H and O–H groups in total. The summed E-state index contributed by atoms with van der Waals surface area (Å²) in [5.74, 6) is -0.524. The number of nitrogens with two attached hydrogens (primary N) is 1. The van der Waals surface area contributed by atoms with Crippen LogP contribution in [0.4, 0.5) is 5.82 Å². The second-order valence-electron chi connectivity index (χ2n) is 3.40. The van der Waals surface area contributed by atoms with Gasteiger partial charge in [-0.2, -0.15) is 5.26 Å². The van der Waals surface area contributed by atoms with Crippen LogP contribution in [0.1, 0.15) is 31.3 Å². The van der Waals surface area contributed by atoms with Crippen molar-refractivity contribution in [3.63, 3.8) is 0 Å². The quantitative estimate of drug-likeness (QED) is 0.703. The summed E-state index contributed by atoms with van der Waals surface area (Å²) in [6.45, 7) is 2.74. The highest BCUT2D eigenvalue weighted by atomic mass is 16.6. The number of aromatic nitrogens is 2. The van der Waals surface area contributed by atoms with E-state index in [0.29, 0.717) is 0 Å². The van der Waals surface area contributed by atoms with Crippen LogP contribution in [-0.2, 0) is 9.53 Å². The Morgan fingerprint density at radius 1 is 1.71 bits per heavy atom. The Kier molecular flexibility index (Phi) is 3.96. The van der Waals surface area contributed by atoms with Gasteiger partial charge in [-0.3, -0.25) is 4.79 Å². The zero-order valence-corrected chi connectivity index (χ0v) is 9.41. The van der Waals surface area contributed by atoms with Crippen molar-refractivity contribution in [1.29, 1.82) is 5.26 Å². The van der Waals surface area contributed by atoms with Crippen LogP contribution in [0.3, 0.4) is 0 Å². The number of esters is 1. The molecule has 0 aromatic carbocycles. The third-order valence-electron chi connectivity index (χ3n) is 2.02. The van der Waals surface area contributed by atoms with E-state index < -0.39 is 18.2 Å². The van der Waals surface area contributed by atoms with Crippen LogP contribution >= 0.6 is 0 Å². The van der Waals surface area contributed by atoms with E-state index in [1.807, 2.05) is 0 Å². The lowest BCUT2D eigenvalue weighted by molar-refractivity contribution is -0.151. The highest BCUT2D eigenvalue weighted by Crippen LogP contribution is 2.18. The average molecular weight is 236 g/mol. The Morgan fingerprint density at radius 3 is 2.88 bits per heavy atom. The van der Waals surface area contributed by atoms with Crippen molar-refractivity contribution in [1.82, 2.24) is 9.97 Å². The van der Waals surface area contributed by atoms with E-state index >= 15 is 0 Å². The third kappa shape index (κ3) is 3.12. The Labute approximate surface area is 97.9 Å². The van der Waals surface area contributed by atoms with Crippen molar-refractivity contribution in [3.05, 3.63) is 17.6 Å². The number of rotatable bonds is 3. The SMILES string of the molecule is CC(=O)O[C@@H](C)[C@@H](O)c1cnc(N)c(C#N)n1. The van der Waals surface area contributed by atoms with Gasteiger partial charge in [-0.15, -0.1) is 0 Å². The molecule has 1 heterocycles. The maximum atomic E-state index is 10.7. The number of nitrogen functional groups attached to an aromatic ring is 1. The van der Waals surface area contributed by atoms with Gasteiger partial charge in [0.05, 0.1) is 11.9 Å². The minimum Gasteiger partial charge on any atom is -0.460 e. The predicted molar refractivity (Wildman–Crippen MR) is 57.3 cm³/mol.